The van der Waals surface area contributed by atoms with Crippen molar-refractivity contribution < 1.29 is 9.90 Å². The number of hydrogen-bond donors (Lipinski definition) is 1. The number of aryl methyl sites for hydroxylation is 2. The molecule has 1 fully saturated rings. The third-order valence-corrected chi connectivity index (χ3v) is 3.30. The number of amides is 1. The number of aliphatic hydroxyl groups excluding tert-OH is 1. The molecule has 2 heterocycles. The highest BCUT2D eigenvalue weighted by atomic mass is 16.3. The van der Waals surface area contributed by atoms with Gasteiger partial charge in [0.05, 0.1) is 11.3 Å². The number of rotatable bonds is 3. The summed E-state index contributed by atoms with van der Waals surface area (Å²) in [5.41, 5.74) is 1.55. The molecule has 1 atom stereocenters. The highest BCUT2D eigenvalue weighted by Gasteiger charge is 2.28. The Labute approximate surface area is 101 Å². The van der Waals surface area contributed by atoms with E-state index in [1.165, 1.54) is 0 Å². The van der Waals surface area contributed by atoms with E-state index in [0.717, 1.165) is 25.1 Å². The standard InChI is InChI=1S/C12H19N3O2/c1-3-11-10(7-14(2)13-11)12(17)15-5-4-9(6-15)8-16/h7,9,16H,3-6,8H2,1-2H3. The van der Waals surface area contributed by atoms with Crippen molar-refractivity contribution in [3.05, 3.63) is 17.5 Å². The van der Waals surface area contributed by atoms with E-state index in [2.05, 4.69) is 5.10 Å². The third kappa shape index (κ3) is 2.34. The predicted octanol–water partition coefficient (Wildman–Crippen LogP) is 0.437. The van der Waals surface area contributed by atoms with Crippen molar-refractivity contribution in [3.8, 4) is 0 Å². The van der Waals surface area contributed by atoms with Crippen molar-refractivity contribution in [2.75, 3.05) is 19.7 Å². The molecule has 1 saturated heterocycles. The van der Waals surface area contributed by atoms with Crippen LogP contribution in [0.2, 0.25) is 0 Å². The van der Waals surface area contributed by atoms with E-state index in [1.54, 1.807) is 10.9 Å². The first-order valence-corrected chi connectivity index (χ1v) is 6.08. The first kappa shape index (κ1) is 12.1. The van der Waals surface area contributed by atoms with Gasteiger partial charge in [-0.1, -0.05) is 6.92 Å². The van der Waals surface area contributed by atoms with Gasteiger partial charge in [0.1, 0.15) is 0 Å². The van der Waals surface area contributed by atoms with Crippen LogP contribution in [0.15, 0.2) is 6.20 Å². The van der Waals surface area contributed by atoms with Gasteiger partial charge >= 0.3 is 0 Å². The molecule has 1 unspecified atom stereocenters. The van der Waals surface area contributed by atoms with Crippen molar-refractivity contribution in [2.24, 2.45) is 13.0 Å². The van der Waals surface area contributed by atoms with Gasteiger partial charge in [0.15, 0.2) is 0 Å². The molecule has 2 rings (SSSR count). The molecule has 1 aliphatic heterocycles. The molecule has 1 aromatic heterocycles. The van der Waals surface area contributed by atoms with E-state index in [0.29, 0.717) is 12.1 Å². The maximum Gasteiger partial charge on any atom is 0.257 e. The maximum absolute atomic E-state index is 12.3. The van der Waals surface area contributed by atoms with Crippen LogP contribution in [0.4, 0.5) is 0 Å². The number of nitrogens with zero attached hydrogens (tertiary/aromatic N) is 3. The smallest absolute Gasteiger partial charge is 0.257 e. The minimum absolute atomic E-state index is 0.0471. The average Bonchev–Trinajstić information content (AvgIpc) is 2.93. The lowest BCUT2D eigenvalue weighted by Gasteiger charge is -2.15. The summed E-state index contributed by atoms with van der Waals surface area (Å²) in [4.78, 5) is 14.1. The zero-order valence-corrected chi connectivity index (χ0v) is 10.4. The van der Waals surface area contributed by atoms with Crippen LogP contribution in [0, 0.1) is 5.92 Å². The first-order valence-electron chi connectivity index (χ1n) is 6.08. The zero-order chi connectivity index (χ0) is 12.4. The molecule has 0 aromatic carbocycles. The molecule has 1 amide bonds. The van der Waals surface area contributed by atoms with Crippen molar-refractivity contribution in [3.63, 3.8) is 0 Å². The molecular formula is C12H19N3O2. The van der Waals surface area contributed by atoms with Crippen LogP contribution in [-0.4, -0.2) is 45.4 Å². The summed E-state index contributed by atoms with van der Waals surface area (Å²) >= 11 is 0. The molecule has 0 radical (unpaired) electrons. The molecule has 17 heavy (non-hydrogen) atoms. The van der Waals surface area contributed by atoms with Crippen molar-refractivity contribution >= 4 is 5.91 Å². The van der Waals surface area contributed by atoms with Gasteiger partial charge in [-0.2, -0.15) is 5.10 Å². The van der Waals surface area contributed by atoms with Crippen LogP contribution in [0.1, 0.15) is 29.4 Å². The van der Waals surface area contributed by atoms with Gasteiger partial charge in [0, 0.05) is 38.9 Å². The van der Waals surface area contributed by atoms with Gasteiger partial charge in [-0.3, -0.25) is 9.48 Å². The maximum atomic E-state index is 12.3. The molecule has 0 spiro atoms. The lowest BCUT2D eigenvalue weighted by Crippen LogP contribution is -2.29. The van der Waals surface area contributed by atoms with Crippen LogP contribution in [0.5, 0.6) is 0 Å². The monoisotopic (exact) mass is 237 g/mol. The van der Waals surface area contributed by atoms with Gasteiger partial charge in [-0.05, 0) is 12.8 Å². The number of carbonyl (C=O) groups excluding carboxylic acids is 1. The quantitative estimate of drug-likeness (QED) is 0.829. The summed E-state index contributed by atoms with van der Waals surface area (Å²) in [5.74, 6) is 0.284. The van der Waals surface area contributed by atoms with E-state index < -0.39 is 0 Å². The minimum atomic E-state index is 0.0471. The predicted molar refractivity (Wildman–Crippen MR) is 63.7 cm³/mol. The first-order chi connectivity index (χ1) is 8.15. The molecule has 1 N–H and O–H groups in total. The Balaban J connectivity index is 2.14. The number of likely N-dealkylation sites (tertiary alicyclic amines) is 1. The molecule has 5 heteroatoms. The van der Waals surface area contributed by atoms with Crippen LogP contribution >= 0.6 is 0 Å². The number of hydrogen-bond acceptors (Lipinski definition) is 3. The van der Waals surface area contributed by atoms with Crippen LogP contribution in [0.25, 0.3) is 0 Å². The Morgan fingerprint density at radius 2 is 2.41 bits per heavy atom. The van der Waals surface area contributed by atoms with Crippen LogP contribution in [0.3, 0.4) is 0 Å². The van der Waals surface area contributed by atoms with Crippen molar-refractivity contribution in [1.82, 2.24) is 14.7 Å². The Hall–Kier alpha value is -1.36. The highest BCUT2D eigenvalue weighted by Crippen LogP contribution is 2.19. The summed E-state index contributed by atoms with van der Waals surface area (Å²) in [5, 5.41) is 13.4. The van der Waals surface area contributed by atoms with Gasteiger partial charge in [0.2, 0.25) is 0 Å². The fraction of sp³-hybridized carbons (Fsp3) is 0.667. The zero-order valence-electron chi connectivity index (χ0n) is 10.4. The van der Waals surface area contributed by atoms with E-state index in [4.69, 9.17) is 5.11 Å². The molecule has 0 aliphatic carbocycles. The lowest BCUT2D eigenvalue weighted by atomic mass is 10.1. The molecule has 1 aromatic rings. The highest BCUT2D eigenvalue weighted by molar-refractivity contribution is 5.95. The van der Waals surface area contributed by atoms with E-state index in [-0.39, 0.29) is 18.4 Å². The Morgan fingerprint density at radius 3 is 3.00 bits per heavy atom. The largest absolute Gasteiger partial charge is 0.396 e. The molecule has 94 valence electrons. The van der Waals surface area contributed by atoms with Crippen molar-refractivity contribution in [2.45, 2.75) is 19.8 Å². The SMILES string of the molecule is CCc1nn(C)cc1C(=O)N1CCC(CO)C1. The summed E-state index contributed by atoms with van der Waals surface area (Å²) < 4.78 is 1.69. The Morgan fingerprint density at radius 1 is 1.65 bits per heavy atom. The van der Waals surface area contributed by atoms with E-state index >= 15 is 0 Å². The van der Waals surface area contributed by atoms with E-state index in [9.17, 15) is 4.79 Å². The van der Waals surface area contributed by atoms with Gasteiger partial charge < -0.3 is 10.0 Å². The second-order valence-electron chi connectivity index (χ2n) is 4.61. The molecule has 1 aliphatic rings. The minimum Gasteiger partial charge on any atom is -0.396 e. The average molecular weight is 237 g/mol. The second kappa shape index (κ2) is 4.87. The molecule has 5 nitrogen and oxygen atoms in total. The number of aliphatic hydroxyl groups is 1. The summed E-state index contributed by atoms with van der Waals surface area (Å²) in [6.45, 7) is 3.56. The van der Waals surface area contributed by atoms with E-state index in [1.807, 2.05) is 18.9 Å². The molecular weight excluding hydrogens is 218 g/mol. The van der Waals surface area contributed by atoms with Crippen molar-refractivity contribution in [1.29, 1.82) is 0 Å². The normalized spacial score (nSPS) is 19.9. The van der Waals surface area contributed by atoms with Crippen LogP contribution < -0.4 is 0 Å². The number of carbonyl (C=O) groups is 1. The third-order valence-electron chi connectivity index (χ3n) is 3.30. The fourth-order valence-corrected chi connectivity index (χ4v) is 2.31. The molecule has 0 bridgehead atoms. The molecule has 0 saturated carbocycles. The number of aromatic nitrogens is 2. The fourth-order valence-electron chi connectivity index (χ4n) is 2.31. The summed E-state index contributed by atoms with van der Waals surface area (Å²) in [6.07, 6.45) is 3.44. The summed E-state index contributed by atoms with van der Waals surface area (Å²) in [7, 11) is 1.83. The topological polar surface area (TPSA) is 58.4 Å². The lowest BCUT2D eigenvalue weighted by molar-refractivity contribution is 0.0781. The summed E-state index contributed by atoms with van der Waals surface area (Å²) in [6, 6.07) is 0. The Kier molecular flexibility index (Phi) is 3.47. The second-order valence-corrected chi connectivity index (χ2v) is 4.61. The van der Waals surface area contributed by atoms with Gasteiger partial charge in [-0.25, -0.2) is 0 Å². The van der Waals surface area contributed by atoms with Crippen LogP contribution in [-0.2, 0) is 13.5 Å². The van der Waals surface area contributed by atoms with Gasteiger partial charge in [0.25, 0.3) is 5.91 Å². The van der Waals surface area contributed by atoms with Gasteiger partial charge in [-0.15, -0.1) is 0 Å². The Bertz CT molecular complexity index is 414.